The SMILES string of the molecule is CCOC(=O)CCc1csc(NC(C)C(C)(C)C)n1. The lowest BCUT2D eigenvalue weighted by Gasteiger charge is -2.27. The minimum absolute atomic E-state index is 0.159. The molecule has 0 aliphatic rings. The van der Waals surface area contributed by atoms with Gasteiger partial charge >= 0.3 is 5.97 Å². The molecule has 0 amide bonds. The monoisotopic (exact) mass is 284 g/mol. The molecule has 0 aromatic carbocycles. The van der Waals surface area contributed by atoms with Crippen molar-refractivity contribution in [2.24, 2.45) is 5.41 Å². The van der Waals surface area contributed by atoms with E-state index in [1.54, 1.807) is 11.3 Å². The average Bonchev–Trinajstić information content (AvgIpc) is 2.73. The summed E-state index contributed by atoms with van der Waals surface area (Å²) in [6.45, 7) is 11.0. The molecular formula is C14H24N2O2S. The molecule has 0 aliphatic carbocycles. The third-order valence-electron chi connectivity index (χ3n) is 3.08. The van der Waals surface area contributed by atoms with Gasteiger partial charge in [0.25, 0.3) is 0 Å². The second-order valence-corrected chi connectivity index (χ2v) is 6.54. The Kier molecular flexibility index (Phi) is 5.79. The molecule has 0 aliphatic heterocycles. The number of anilines is 1. The normalized spacial score (nSPS) is 13.1. The number of nitrogens with one attached hydrogen (secondary N) is 1. The van der Waals surface area contributed by atoms with E-state index in [1.807, 2.05) is 12.3 Å². The highest BCUT2D eigenvalue weighted by Gasteiger charge is 2.20. The van der Waals surface area contributed by atoms with Gasteiger partial charge in [0.1, 0.15) is 0 Å². The van der Waals surface area contributed by atoms with Crippen molar-refractivity contribution in [3.05, 3.63) is 11.1 Å². The Morgan fingerprint density at radius 1 is 1.53 bits per heavy atom. The number of aromatic nitrogens is 1. The number of carbonyl (C=O) groups is 1. The van der Waals surface area contributed by atoms with Gasteiger partial charge in [-0.25, -0.2) is 4.98 Å². The largest absolute Gasteiger partial charge is 0.466 e. The molecule has 1 heterocycles. The van der Waals surface area contributed by atoms with Crippen LogP contribution in [0.3, 0.4) is 0 Å². The zero-order chi connectivity index (χ0) is 14.5. The Balaban J connectivity index is 2.46. The summed E-state index contributed by atoms with van der Waals surface area (Å²) in [6, 6.07) is 0.344. The van der Waals surface area contributed by atoms with E-state index in [-0.39, 0.29) is 11.4 Å². The number of aryl methyl sites for hydroxylation is 1. The predicted molar refractivity (Wildman–Crippen MR) is 79.6 cm³/mol. The van der Waals surface area contributed by atoms with Crippen molar-refractivity contribution in [2.75, 3.05) is 11.9 Å². The molecule has 0 bridgehead atoms. The molecule has 1 rings (SSSR count). The highest BCUT2D eigenvalue weighted by molar-refractivity contribution is 7.13. The van der Waals surface area contributed by atoms with Crippen molar-refractivity contribution in [3.63, 3.8) is 0 Å². The molecule has 0 saturated heterocycles. The van der Waals surface area contributed by atoms with Crippen molar-refractivity contribution < 1.29 is 9.53 Å². The Hall–Kier alpha value is -1.10. The summed E-state index contributed by atoms with van der Waals surface area (Å²) in [6.07, 6.45) is 1.03. The zero-order valence-corrected chi connectivity index (χ0v) is 13.3. The minimum Gasteiger partial charge on any atom is -0.466 e. The second-order valence-electron chi connectivity index (χ2n) is 5.68. The minimum atomic E-state index is -0.159. The van der Waals surface area contributed by atoms with Gasteiger partial charge < -0.3 is 10.1 Å². The molecule has 1 unspecified atom stereocenters. The van der Waals surface area contributed by atoms with E-state index in [1.165, 1.54) is 0 Å². The van der Waals surface area contributed by atoms with E-state index in [0.717, 1.165) is 10.8 Å². The second kappa shape index (κ2) is 6.89. The number of esters is 1. The lowest BCUT2D eigenvalue weighted by molar-refractivity contribution is -0.143. The van der Waals surface area contributed by atoms with Crippen molar-refractivity contribution in [1.82, 2.24) is 4.98 Å². The van der Waals surface area contributed by atoms with Crippen LogP contribution in [0.1, 0.15) is 46.7 Å². The van der Waals surface area contributed by atoms with Crippen molar-refractivity contribution in [3.8, 4) is 0 Å². The van der Waals surface area contributed by atoms with Crippen LogP contribution in [0.2, 0.25) is 0 Å². The van der Waals surface area contributed by atoms with E-state index in [2.05, 4.69) is 38.0 Å². The fourth-order valence-electron chi connectivity index (χ4n) is 1.35. The fraction of sp³-hybridized carbons (Fsp3) is 0.714. The Morgan fingerprint density at radius 2 is 2.21 bits per heavy atom. The average molecular weight is 284 g/mol. The van der Waals surface area contributed by atoms with Gasteiger partial charge in [0, 0.05) is 17.8 Å². The summed E-state index contributed by atoms with van der Waals surface area (Å²) >= 11 is 1.58. The molecule has 0 fully saturated rings. The molecule has 0 saturated carbocycles. The molecule has 5 heteroatoms. The van der Waals surface area contributed by atoms with Gasteiger partial charge in [-0.3, -0.25) is 4.79 Å². The zero-order valence-electron chi connectivity index (χ0n) is 12.4. The number of thiazole rings is 1. The van der Waals surface area contributed by atoms with Crippen LogP contribution in [0.25, 0.3) is 0 Å². The summed E-state index contributed by atoms with van der Waals surface area (Å²) < 4.78 is 4.90. The number of ether oxygens (including phenoxy) is 1. The summed E-state index contributed by atoms with van der Waals surface area (Å²) in [5, 5.41) is 6.32. The summed E-state index contributed by atoms with van der Waals surface area (Å²) in [7, 11) is 0. The van der Waals surface area contributed by atoms with Gasteiger partial charge in [0.2, 0.25) is 0 Å². The molecule has 1 N–H and O–H groups in total. The lowest BCUT2D eigenvalue weighted by Crippen LogP contribution is -2.30. The van der Waals surface area contributed by atoms with Crippen LogP contribution in [0, 0.1) is 5.41 Å². The maximum Gasteiger partial charge on any atom is 0.306 e. The molecule has 108 valence electrons. The summed E-state index contributed by atoms with van der Waals surface area (Å²) in [5.74, 6) is -0.159. The van der Waals surface area contributed by atoms with E-state index >= 15 is 0 Å². The Bertz CT molecular complexity index is 410. The maximum atomic E-state index is 11.3. The van der Waals surface area contributed by atoms with Crippen LogP contribution >= 0.6 is 11.3 Å². The van der Waals surface area contributed by atoms with Crippen LogP contribution in [-0.4, -0.2) is 23.6 Å². The van der Waals surface area contributed by atoms with E-state index in [9.17, 15) is 4.79 Å². The van der Waals surface area contributed by atoms with Crippen LogP contribution < -0.4 is 5.32 Å². The topological polar surface area (TPSA) is 51.2 Å². The van der Waals surface area contributed by atoms with Crippen molar-refractivity contribution in [2.45, 2.75) is 53.5 Å². The van der Waals surface area contributed by atoms with Crippen LogP contribution in [0.4, 0.5) is 5.13 Å². The molecule has 1 aromatic heterocycles. The number of carbonyl (C=O) groups excluding carboxylic acids is 1. The number of hydrogen-bond donors (Lipinski definition) is 1. The first-order valence-corrected chi connectivity index (χ1v) is 7.57. The van der Waals surface area contributed by atoms with Crippen LogP contribution in [-0.2, 0) is 16.0 Å². The van der Waals surface area contributed by atoms with Gasteiger partial charge in [0.05, 0.1) is 18.7 Å². The quantitative estimate of drug-likeness (QED) is 0.812. The van der Waals surface area contributed by atoms with Gasteiger partial charge in [-0.1, -0.05) is 20.8 Å². The maximum absolute atomic E-state index is 11.3. The summed E-state index contributed by atoms with van der Waals surface area (Å²) in [4.78, 5) is 15.8. The first-order valence-electron chi connectivity index (χ1n) is 6.69. The number of rotatable bonds is 6. The molecular weight excluding hydrogens is 260 g/mol. The Labute approximate surface area is 119 Å². The van der Waals surface area contributed by atoms with Gasteiger partial charge in [0.15, 0.2) is 5.13 Å². The number of hydrogen-bond acceptors (Lipinski definition) is 5. The molecule has 19 heavy (non-hydrogen) atoms. The van der Waals surface area contributed by atoms with Crippen LogP contribution in [0.5, 0.6) is 0 Å². The first kappa shape index (κ1) is 16.0. The van der Waals surface area contributed by atoms with E-state index in [4.69, 9.17) is 4.74 Å². The molecule has 4 nitrogen and oxygen atoms in total. The van der Waals surface area contributed by atoms with Gasteiger partial charge in [-0.2, -0.15) is 0 Å². The van der Waals surface area contributed by atoms with Gasteiger partial charge in [-0.05, 0) is 19.3 Å². The standard InChI is InChI=1S/C14H24N2O2S/c1-6-18-12(17)8-7-11-9-19-13(16-11)15-10(2)14(3,4)5/h9-10H,6-8H2,1-5H3,(H,15,16). The molecule has 0 radical (unpaired) electrons. The Morgan fingerprint density at radius 3 is 2.79 bits per heavy atom. The lowest BCUT2D eigenvalue weighted by atomic mass is 9.88. The van der Waals surface area contributed by atoms with Gasteiger partial charge in [-0.15, -0.1) is 11.3 Å². The van der Waals surface area contributed by atoms with Crippen molar-refractivity contribution in [1.29, 1.82) is 0 Å². The molecule has 0 spiro atoms. The summed E-state index contributed by atoms with van der Waals surface area (Å²) in [5.41, 5.74) is 1.14. The predicted octanol–water partition coefficient (Wildman–Crippen LogP) is 3.49. The highest BCUT2D eigenvalue weighted by Crippen LogP contribution is 2.25. The number of nitrogens with zero attached hydrogens (tertiary/aromatic N) is 1. The third kappa shape index (κ3) is 5.59. The molecule has 1 atom stereocenters. The van der Waals surface area contributed by atoms with E-state index < -0.39 is 0 Å². The third-order valence-corrected chi connectivity index (χ3v) is 3.90. The first-order chi connectivity index (χ1) is 8.82. The van der Waals surface area contributed by atoms with Crippen LogP contribution in [0.15, 0.2) is 5.38 Å². The fourth-order valence-corrected chi connectivity index (χ4v) is 2.19. The highest BCUT2D eigenvalue weighted by atomic mass is 32.1. The smallest absolute Gasteiger partial charge is 0.306 e. The van der Waals surface area contributed by atoms with E-state index in [0.29, 0.717) is 25.5 Å². The van der Waals surface area contributed by atoms with Crippen molar-refractivity contribution >= 4 is 22.4 Å². The molecule has 1 aromatic rings.